The molecule has 152 valence electrons. The van der Waals surface area contributed by atoms with E-state index in [9.17, 15) is 14.4 Å². The molecule has 30 heavy (non-hydrogen) atoms. The average Bonchev–Trinajstić information content (AvgIpc) is 3.09. The van der Waals surface area contributed by atoms with Gasteiger partial charge in [0.05, 0.1) is 41.6 Å². The highest BCUT2D eigenvalue weighted by Gasteiger charge is 2.30. The van der Waals surface area contributed by atoms with Crippen LogP contribution in [-0.2, 0) is 40.4 Å². The topological polar surface area (TPSA) is 123 Å². The molecule has 9 heteroatoms. The van der Waals surface area contributed by atoms with Crippen molar-refractivity contribution in [1.82, 2.24) is 19.9 Å². The van der Waals surface area contributed by atoms with E-state index in [1.165, 1.54) is 0 Å². The smallest absolute Gasteiger partial charge is 0.310 e. The molecule has 0 bridgehead atoms. The third-order valence-electron chi connectivity index (χ3n) is 5.60. The Labute approximate surface area is 170 Å². The maximum Gasteiger partial charge on any atom is 0.310 e. The normalized spacial score (nSPS) is 14.1. The van der Waals surface area contributed by atoms with Crippen molar-refractivity contribution < 1.29 is 19.4 Å². The molecule has 0 aliphatic carbocycles. The second-order valence-corrected chi connectivity index (χ2v) is 7.46. The standard InChI is InChI=1S/C21H18N4O5/c1-10-2-12-13(5-23-18(27)8-26)14-7-25-17(20(14)24-16(12)6-22-10)3-11-4-19(28)30-9-15(11)21(25)29/h2-3,6,26H,4-5,7-9H2,1H3,(H,23,27). The minimum Gasteiger partial charge on any atom is -0.460 e. The maximum absolute atomic E-state index is 13.1. The first-order valence-electron chi connectivity index (χ1n) is 9.53. The second kappa shape index (κ2) is 6.74. The van der Waals surface area contributed by atoms with Gasteiger partial charge >= 0.3 is 5.97 Å². The van der Waals surface area contributed by atoms with Crippen LogP contribution in [0, 0.1) is 6.92 Å². The van der Waals surface area contributed by atoms with E-state index >= 15 is 0 Å². The Hall–Kier alpha value is -3.59. The zero-order valence-corrected chi connectivity index (χ0v) is 16.2. The number of aliphatic hydroxyl groups is 1. The molecule has 0 spiro atoms. The van der Waals surface area contributed by atoms with Gasteiger partial charge in [0.15, 0.2) is 0 Å². The number of rotatable bonds is 3. The Morgan fingerprint density at radius 3 is 2.93 bits per heavy atom. The molecule has 1 amide bonds. The minimum atomic E-state index is -0.605. The molecule has 9 nitrogen and oxygen atoms in total. The first-order chi connectivity index (χ1) is 14.5. The van der Waals surface area contributed by atoms with Gasteiger partial charge in [0.25, 0.3) is 5.56 Å². The number of cyclic esters (lactones) is 1. The van der Waals surface area contributed by atoms with Gasteiger partial charge in [-0.1, -0.05) is 0 Å². The van der Waals surface area contributed by atoms with E-state index in [2.05, 4.69) is 10.3 Å². The van der Waals surface area contributed by atoms with Crippen LogP contribution >= 0.6 is 0 Å². The number of fused-ring (bicyclic) bond motifs is 5. The number of amides is 1. The fourth-order valence-corrected chi connectivity index (χ4v) is 4.13. The molecule has 0 saturated heterocycles. The van der Waals surface area contributed by atoms with Crippen LogP contribution < -0.4 is 10.9 Å². The fraction of sp³-hybridized carbons (Fsp3) is 0.286. The lowest BCUT2D eigenvalue weighted by molar-refractivity contribution is -0.145. The average molecular weight is 406 g/mol. The number of esters is 1. The van der Waals surface area contributed by atoms with E-state index in [4.69, 9.17) is 14.8 Å². The molecule has 2 N–H and O–H groups in total. The van der Waals surface area contributed by atoms with Gasteiger partial charge in [-0.2, -0.15) is 0 Å². The van der Waals surface area contributed by atoms with E-state index in [0.29, 0.717) is 34.6 Å². The van der Waals surface area contributed by atoms with Crippen LogP contribution in [0.25, 0.3) is 22.3 Å². The Bertz CT molecular complexity index is 1310. The van der Waals surface area contributed by atoms with Gasteiger partial charge in [-0.15, -0.1) is 0 Å². The Balaban J connectivity index is 1.73. The molecule has 0 radical (unpaired) electrons. The van der Waals surface area contributed by atoms with Gasteiger partial charge in [-0.25, -0.2) is 4.98 Å². The summed E-state index contributed by atoms with van der Waals surface area (Å²) >= 11 is 0. The van der Waals surface area contributed by atoms with Crippen LogP contribution in [-0.4, -0.2) is 38.1 Å². The third-order valence-corrected chi connectivity index (χ3v) is 5.60. The number of nitrogens with zero attached hydrogens (tertiary/aromatic N) is 3. The summed E-state index contributed by atoms with van der Waals surface area (Å²) < 4.78 is 6.68. The van der Waals surface area contributed by atoms with Crippen molar-refractivity contribution in [2.45, 2.75) is 33.0 Å². The number of hydrogen-bond acceptors (Lipinski definition) is 7. The molecule has 0 fully saturated rings. The first kappa shape index (κ1) is 18.4. The molecule has 3 aromatic rings. The van der Waals surface area contributed by atoms with Crippen LogP contribution in [0.1, 0.15) is 27.9 Å². The third kappa shape index (κ3) is 2.78. The SMILES string of the molecule is Cc1cc2c(CNC(=O)CO)c3c(nc2cn1)-c1cc2c(c(=O)n1C3)COC(=O)C2. The molecule has 0 saturated carbocycles. The number of carbonyl (C=O) groups is 2. The van der Waals surface area contributed by atoms with Crippen molar-refractivity contribution in [3.05, 3.63) is 56.6 Å². The summed E-state index contributed by atoms with van der Waals surface area (Å²) in [5, 5.41) is 12.6. The lowest BCUT2D eigenvalue weighted by Crippen LogP contribution is -2.30. The predicted octanol–water partition coefficient (Wildman–Crippen LogP) is 0.336. The van der Waals surface area contributed by atoms with Crippen LogP contribution in [0.15, 0.2) is 23.1 Å². The molecule has 0 aromatic carbocycles. The quantitative estimate of drug-likeness (QED) is 0.470. The highest BCUT2D eigenvalue weighted by Crippen LogP contribution is 2.36. The number of aromatic nitrogens is 3. The minimum absolute atomic E-state index is 0.0262. The highest BCUT2D eigenvalue weighted by atomic mass is 16.5. The largest absolute Gasteiger partial charge is 0.460 e. The van der Waals surface area contributed by atoms with Gasteiger partial charge in [-0.3, -0.25) is 19.4 Å². The Morgan fingerprint density at radius 1 is 1.30 bits per heavy atom. The van der Waals surface area contributed by atoms with Crippen molar-refractivity contribution in [2.75, 3.05) is 6.61 Å². The van der Waals surface area contributed by atoms with Crippen LogP contribution in [0.4, 0.5) is 0 Å². The molecule has 3 aromatic heterocycles. The number of pyridine rings is 3. The molecular weight excluding hydrogens is 388 g/mol. The van der Waals surface area contributed by atoms with Crippen molar-refractivity contribution in [2.24, 2.45) is 0 Å². The number of carbonyl (C=O) groups excluding carboxylic acids is 2. The molecule has 2 aliphatic rings. The Morgan fingerprint density at radius 2 is 2.13 bits per heavy atom. The molecule has 5 heterocycles. The molecule has 0 atom stereocenters. The molecule has 5 rings (SSSR count). The van der Waals surface area contributed by atoms with Crippen molar-refractivity contribution >= 4 is 22.8 Å². The number of nitrogens with one attached hydrogen (secondary N) is 1. The zero-order chi connectivity index (χ0) is 21.0. The van der Waals surface area contributed by atoms with Crippen molar-refractivity contribution in [3.8, 4) is 11.4 Å². The second-order valence-electron chi connectivity index (χ2n) is 7.46. The van der Waals surface area contributed by atoms with Crippen LogP contribution in [0.3, 0.4) is 0 Å². The van der Waals surface area contributed by atoms with Gasteiger partial charge in [0.1, 0.15) is 13.2 Å². The molecule has 2 aliphatic heterocycles. The lowest BCUT2D eigenvalue weighted by atomic mass is 9.99. The molecular formula is C21H18N4O5. The van der Waals surface area contributed by atoms with E-state index in [-0.39, 0.29) is 31.1 Å². The summed E-state index contributed by atoms with van der Waals surface area (Å²) in [6.45, 7) is 1.73. The van der Waals surface area contributed by atoms with Gasteiger partial charge < -0.3 is 19.7 Å². The van der Waals surface area contributed by atoms with Gasteiger partial charge in [0.2, 0.25) is 5.91 Å². The summed E-state index contributed by atoms with van der Waals surface area (Å²) in [5.41, 5.74) is 5.34. The highest BCUT2D eigenvalue weighted by molar-refractivity contribution is 5.88. The predicted molar refractivity (Wildman–Crippen MR) is 106 cm³/mol. The summed E-state index contributed by atoms with van der Waals surface area (Å²) in [6.07, 6.45) is 1.72. The first-order valence-corrected chi connectivity index (χ1v) is 9.53. The fourth-order valence-electron chi connectivity index (χ4n) is 4.13. The van der Waals surface area contributed by atoms with Crippen LogP contribution in [0.2, 0.25) is 0 Å². The number of aliphatic hydroxyl groups excluding tert-OH is 1. The van der Waals surface area contributed by atoms with E-state index in [1.807, 2.05) is 19.1 Å². The zero-order valence-electron chi connectivity index (χ0n) is 16.2. The lowest BCUT2D eigenvalue weighted by Gasteiger charge is -2.17. The van der Waals surface area contributed by atoms with E-state index < -0.39 is 12.5 Å². The Kier molecular flexibility index (Phi) is 4.14. The summed E-state index contributed by atoms with van der Waals surface area (Å²) in [6, 6.07) is 3.73. The monoisotopic (exact) mass is 406 g/mol. The van der Waals surface area contributed by atoms with E-state index in [1.54, 1.807) is 10.8 Å². The van der Waals surface area contributed by atoms with Gasteiger partial charge in [0, 0.05) is 23.2 Å². The number of hydrogen-bond donors (Lipinski definition) is 2. The summed E-state index contributed by atoms with van der Waals surface area (Å²) in [5.74, 6) is -0.845. The maximum atomic E-state index is 13.1. The molecule has 0 unspecified atom stereocenters. The number of aryl methyl sites for hydroxylation is 1. The summed E-state index contributed by atoms with van der Waals surface area (Å²) in [7, 11) is 0. The van der Waals surface area contributed by atoms with Gasteiger partial charge in [-0.05, 0) is 30.2 Å². The van der Waals surface area contributed by atoms with Crippen molar-refractivity contribution in [3.63, 3.8) is 0 Å². The number of ether oxygens (including phenoxy) is 1. The van der Waals surface area contributed by atoms with E-state index in [0.717, 1.165) is 22.2 Å². The summed E-state index contributed by atoms with van der Waals surface area (Å²) in [4.78, 5) is 45.5. The van der Waals surface area contributed by atoms with Crippen LogP contribution in [0.5, 0.6) is 0 Å². The van der Waals surface area contributed by atoms with Crippen molar-refractivity contribution in [1.29, 1.82) is 0 Å².